The molecule has 0 N–H and O–H groups in total. The van der Waals surface area contributed by atoms with Crippen molar-refractivity contribution < 1.29 is 18.7 Å². The van der Waals surface area contributed by atoms with Crippen LogP contribution in [-0.2, 0) is 16.1 Å². The van der Waals surface area contributed by atoms with Crippen molar-refractivity contribution in [1.82, 2.24) is 14.8 Å². The Morgan fingerprint density at radius 2 is 2.00 bits per heavy atom. The third-order valence-electron chi connectivity index (χ3n) is 4.73. The fourth-order valence-electron chi connectivity index (χ4n) is 3.13. The number of amides is 1. The molecule has 0 saturated carbocycles. The molecule has 0 bridgehead atoms. The summed E-state index contributed by atoms with van der Waals surface area (Å²) in [5.74, 6) is -0.606. The highest BCUT2D eigenvalue weighted by atomic mass is 79.9. The van der Waals surface area contributed by atoms with Gasteiger partial charge in [-0.1, -0.05) is 15.9 Å². The fourth-order valence-corrected chi connectivity index (χ4v) is 3.47. The Kier molecular flexibility index (Phi) is 8.39. The van der Waals surface area contributed by atoms with Gasteiger partial charge < -0.3 is 14.4 Å². The molecule has 1 amide bonds. The quantitative estimate of drug-likeness (QED) is 0.569. The Hall–Kier alpha value is -2.03. The predicted molar refractivity (Wildman–Crippen MR) is 111 cm³/mol. The predicted octanol–water partition coefficient (Wildman–Crippen LogP) is 3.11. The number of halogens is 2. The molecule has 3 rings (SSSR count). The van der Waals surface area contributed by atoms with E-state index in [1.807, 2.05) is 12.1 Å². The molecule has 1 aliphatic rings. The summed E-state index contributed by atoms with van der Waals surface area (Å²) < 4.78 is 25.4. The van der Waals surface area contributed by atoms with Crippen molar-refractivity contribution in [3.8, 4) is 5.75 Å². The lowest BCUT2D eigenvalue weighted by Gasteiger charge is -2.28. The van der Waals surface area contributed by atoms with Crippen molar-refractivity contribution in [1.29, 1.82) is 0 Å². The van der Waals surface area contributed by atoms with Crippen LogP contribution in [0.3, 0.4) is 0 Å². The van der Waals surface area contributed by atoms with E-state index >= 15 is 0 Å². The van der Waals surface area contributed by atoms with E-state index < -0.39 is 5.82 Å². The first-order valence-corrected chi connectivity index (χ1v) is 10.5. The average Bonchev–Trinajstić information content (AvgIpc) is 2.74. The van der Waals surface area contributed by atoms with Crippen molar-refractivity contribution in [2.75, 3.05) is 46.0 Å². The van der Waals surface area contributed by atoms with Crippen LogP contribution in [0.25, 0.3) is 0 Å². The summed E-state index contributed by atoms with van der Waals surface area (Å²) in [4.78, 5) is 20.9. The summed E-state index contributed by atoms with van der Waals surface area (Å²) in [7, 11) is 0. The number of carbonyl (C=O) groups excluding carboxylic acids is 1. The molecule has 1 aromatic heterocycles. The van der Waals surface area contributed by atoms with Gasteiger partial charge in [0.05, 0.1) is 13.2 Å². The molecule has 2 aromatic rings. The van der Waals surface area contributed by atoms with Crippen molar-refractivity contribution in [3.05, 3.63) is 58.6 Å². The minimum Gasteiger partial charge on any atom is -0.481 e. The van der Waals surface area contributed by atoms with Crippen LogP contribution in [0.2, 0.25) is 0 Å². The zero-order chi connectivity index (χ0) is 20.5. The second-order valence-electron chi connectivity index (χ2n) is 6.84. The van der Waals surface area contributed by atoms with E-state index in [2.05, 4.69) is 25.8 Å². The highest BCUT2D eigenvalue weighted by molar-refractivity contribution is 9.10. The maximum atomic E-state index is 14.0. The van der Waals surface area contributed by atoms with Crippen LogP contribution in [0.1, 0.15) is 12.0 Å². The van der Waals surface area contributed by atoms with Crippen LogP contribution >= 0.6 is 15.9 Å². The minimum atomic E-state index is -0.500. The van der Waals surface area contributed by atoms with E-state index in [1.54, 1.807) is 23.4 Å². The van der Waals surface area contributed by atoms with Gasteiger partial charge in [0.2, 0.25) is 0 Å². The number of rotatable bonds is 9. The Morgan fingerprint density at radius 3 is 2.72 bits per heavy atom. The Bertz CT molecular complexity index is 788. The molecule has 1 fully saturated rings. The minimum absolute atomic E-state index is 0.0683. The molecule has 0 unspecified atom stereocenters. The first-order valence-electron chi connectivity index (χ1n) is 9.66. The SMILES string of the molecule is O=C(COc1ccc(Br)cc1F)N(CCCN1CCOCC1)Cc1ccncc1. The van der Waals surface area contributed by atoms with Gasteiger partial charge in [0.1, 0.15) is 0 Å². The van der Waals surface area contributed by atoms with Gasteiger partial charge in [0, 0.05) is 49.6 Å². The number of morpholine rings is 1. The Morgan fingerprint density at radius 1 is 1.24 bits per heavy atom. The normalized spacial score (nSPS) is 14.6. The van der Waals surface area contributed by atoms with Crippen molar-refractivity contribution in [2.45, 2.75) is 13.0 Å². The number of hydrogen-bond donors (Lipinski definition) is 0. The highest BCUT2D eigenvalue weighted by Crippen LogP contribution is 2.21. The molecule has 1 saturated heterocycles. The number of aromatic nitrogens is 1. The molecule has 2 heterocycles. The summed E-state index contributed by atoms with van der Waals surface area (Å²) in [6.45, 7) is 5.13. The van der Waals surface area contributed by atoms with E-state index in [9.17, 15) is 9.18 Å². The van der Waals surface area contributed by atoms with E-state index in [-0.39, 0.29) is 18.3 Å². The number of ether oxygens (including phenoxy) is 2. The summed E-state index contributed by atoms with van der Waals surface area (Å²) in [6, 6.07) is 8.28. The molecule has 0 atom stereocenters. The van der Waals surface area contributed by atoms with Crippen LogP contribution in [-0.4, -0.2) is 66.7 Å². The van der Waals surface area contributed by atoms with Gasteiger partial charge >= 0.3 is 0 Å². The maximum Gasteiger partial charge on any atom is 0.260 e. The molecule has 1 aliphatic heterocycles. The molecule has 8 heteroatoms. The molecule has 1 aromatic carbocycles. The van der Waals surface area contributed by atoms with Gasteiger partial charge in [-0.3, -0.25) is 14.7 Å². The summed E-state index contributed by atoms with van der Waals surface area (Å²) in [5.41, 5.74) is 0.995. The topological polar surface area (TPSA) is 54.9 Å². The molecular weight excluding hydrogens is 441 g/mol. The summed E-state index contributed by atoms with van der Waals surface area (Å²) in [5, 5.41) is 0. The van der Waals surface area contributed by atoms with Crippen molar-refractivity contribution in [2.24, 2.45) is 0 Å². The van der Waals surface area contributed by atoms with E-state index in [0.29, 0.717) is 17.6 Å². The first-order chi connectivity index (χ1) is 14.1. The zero-order valence-electron chi connectivity index (χ0n) is 16.2. The third-order valence-corrected chi connectivity index (χ3v) is 5.22. The van der Waals surface area contributed by atoms with Gasteiger partial charge in [0.15, 0.2) is 18.2 Å². The van der Waals surface area contributed by atoms with Gasteiger partial charge in [-0.05, 0) is 42.3 Å². The van der Waals surface area contributed by atoms with Gasteiger partial charge in [0.25, 0.3) is 5.91 Å². The number of nitrogens with zero attached hydrogens (tertiary/aromatic N) is 3. The lowest BCUT2D eigenvalue weighted by Crippen LogP contribution is -2.40. The van der Waals surface area contributed by atoms with Crippen LogP contribution < -0.4 is 4.74 Å². The molecule has 29 heavy (non-hydrogen) atoms. The molecule has 6 nitrogen and oxygen atoms in total. The number of carbonyl (C=O) groups is 1. The fraction of sp³-hybridized carbons (Fsp3) is 0.429. The van der Waals surface area contributed by atoms with Gasteiger partial charge in [-0.2, -0.15) is 0 Å². The molecular formula is C21H25BrFN3O3. The van der Waals surface area contributed by atoms with Gasteiger partial charge in [-0.15, -0.1) is 0 Å². The van der Waals surface area contributed by atoms with E-state index in [4.69, 9.17) is 9.47 Å². The number of hydrogen-bond acceptors (Lipinski definition) is 5. The lowest BCUT2D eigenvalue weighted by molar-refractivity contribution is -0.134. The molecule has 0 radical (unpaired) electrons. The van der Waals surface area contributed by atoms with Gasteiger partial charge in [-0.25, -0.2) is 4.39 Å². The standard InChI is InChI=1S/C21H25BrFN3O3/c22-18-2-3-20(19(23)14-18)29-16-21(27)26(15-17-4-6-24-7-5-17)9-1-8-25-10-12-28-13-11-25/h2-7,14H,1,8-13,15-16H2. The number of pyridine rings is 1. The van der Waals surface area contributed by atoms with Crippen LogP contribution in [0.15, 0.2) is 47.2 Å². The smallest absolute Gasteiger partial charge is 0.260 e. The molecule has 156 valence electrons. The summed E-state index contributed by atoms with van der Waals surface area (Å²) in [6.07, 6.45) is 4.27. The van der Waals surface area contributed by atoms with Crippen LogP contribution in [0, 0.1) is 5.82 Å². The zero-order valence-corrected chi connectivity index (χ0v) is 17.8. The average molecular weight is 466 g/mol. The molecule has 0 spiro atoms. The van der Waals surface area contributed by atoms with Crippen LogP contribution in [0.4, 0.5) is 4.39 Å². The van der Waals surface area contributed by atoms with Crippen molar-refractivity contribution >= 4 is 21.8 Å². The second kappa shape index (κ2) is 11.2. The summed E-state index contributed by atoms with van der Waals surface area (Å²) >= 11 is 3.21. The first kappa shape index (κ1) is 21.7. The lowest BCUT2D eigenvalue weighted by atomic mass is 10.2. The third kappa shape index (κ3) is 7.06. The largest absolute Gasteiger partial charge is 0.481 e. The van der Waals surface area contributed by atoms with Crippen molar-refractivity contribution in [3.63, 3.8) is 0 Å². The monoisotopic (exact) mass is 465 g/mol. The number of benzene rings is 1. The maximum absolute atomic E-state index is 14.0. The second-order valence-corrected chi connectivity index (χ2v) is 7.76. The van der Waals surface area contributed by atoms with Crippen LogP contribution in [0.5, 0.6) is 5.75 Å². The Labute approximate surface area is 178 Å². The Balaban J connectivity index is 1.57. The highest BCUT2D eigenvalue weighted by Gasteiger charge is 2.17. The van der Waals surface area contributed by atoms with E-state index in [0.717, 1.165) is 44.8 Å². The molecule has 0 aliphatic carbocycles. The van der Waals surface area contributed by atoms with E-state index in [1.165, 1.54) is 12.1 Å².